The Morgan fingerprint density at radius 3 is 2.77 bits per heavy atom. The summed E-state index contributed by atoms with van der Waals surface area (Å²) in [6.45, 7) is 5.34. The van der Waals surface area contributed by atoms with Gasteiger partial charge in [0.25, 0.3) is 5.91 Å². The Hall–Kier alpha value is -2.30. The van der Waals surface area contributed by atoms with Gasteiger partial charge in [-0.3, -0.25) is 4.79 Å². The van der Waals surface area contributed by atoms with Crippen LogP contribution in [0.1, 0.15) is 36.9 Å². The number of nitrogens with zero attached hydrogens (tertiary/aromatic N) is 1. The van der Waals surface area contributed by atoms with Crippen molar-refractivity contribution >= 4 is 11.9 Å². The van der Waals surface area contributed by atoms with Crippen LogP contribution in [0.15, 0.2) is 35.5 Å². The average Bonchev–Trinajstić information content (AvgIpc) is 2.81. The number of urea groups is 1. The Kier molecular flexibility index (Phi) is 3.88. The summed E-state index contributed by atoms with van der Waals surface area (Å²) in [4.78, 5) is 26.5. The number of benzene rings is 1. The van der Waals surface area contributed by atoms with Crippen LogP contribution < -0.4 is 10.6 Å². The van der Waals surface area contributed by atoms with Crippen LogP contribution in [0.25, 0.3) is 0 Å². The molecule has 116 valence electrons. The zero-order chi connectivity index (χ0) is 15.7. The molecule has 3 rings (SSSR count). The molecule has 1 atom stereocenters. The topological polar surface area (TPSA) is 61.4 Å². The van der Waals surface area contributed by atoms with Crippen molar-refractivity contribution in [3.63, 3.8) is 0 Å². The lowest BCUT2D eigenvalue weighted by atomic mass is 9.93. The first-order valence-electron chi connectivity index (χ1n) is 7.77. The number of unbranched alkanes of at least 4 members (excludes halogenated alkanes) is 1. The largest absolute Gasteiger partial charge is 0.333 e. The number of aryl methyl sites for hydroxylation is 1. The predicted octanol–water partition coefficient (Wildman–Crippen LogP) is 2.25. The molecule has 0 fully saturated rings. The van der Waals surface area contributed by atoms with Gasteiger partial charge < -0.3 is 15.5 Å². The molecule has 2 N–H and O–H groups in total. The van der Waals surface area contributed by atoms with Crippen LogP contribution in [0.5, 0.6) is 0 Å². The monoisotopic (exact) mass is 299 g/mol. The Labute approximate surface area is 130 Å². The van der Waals surface area contributed by atoms with Gasteiger partial charge in [-0.1, -0.05) is 37.6 Å². The highest BCUT2D eigenvalue weighted by molar-refractivity contribution is 6.01. The fraction of sp³-hybridized carbons (Fsp3) is 0.412. The number of nitrogens with one attached hydrogen (secondary N) is 2. The minimum atomic E-state index is -0.357. The van der Waals surface area contributed by atoms with Crippen molar-refractivity contribution in [2.24, 2.45) is 0 Å². The van der Waals surface area contributed by atoms with Crippen LogP contribution in [-0.2, 0) is 4.79 Å². The molecule has 0 radical (unpaired) electrons. The van der Waals surface area contributed by atoms with E-state index < -0.39 is 0 Å². The number of amides is 3. The molecule has 0 unspecified atom stereocenters. The van der Waals surface area contributed by atoms with Crippen molar-refractivity contribution in [3.8, 4) is 0 Å². The molecule has 0 aromatic heterocycles. The fourth-order valence-electron chi connectivity index (χ4n) is 3.10. The van der Waals surface area contributed by atoms with E-state index in [0.717, 1.165) is 36.2 Å². The SMILES string of the molecule is CCCCN1CC2=C(C1=O)[C@H](c1ccccc1C)NC(=O)N2. The van der Waals surface area contributed by atoms with Crippen molar-refractivity contribution in [3.05, 3.63) is 46.7 Å². The molecule has 0 aliphatic carbocycles. The van der Waals surface area contributed by atoms with E-state index in [1.165, 1.54) is 0 Å². The summed E-state index contributed by atoms with van der Waals surface area (Å²) < 4.78 is 0. The van der Waals surface area contributed by atoms with Gasteiger partial charge in [-0.15, -0.1) is 0 Å². The van der Waals surface area contributed by atoms with Gasteiger partial charge in [0.1, 0.15) is 0 Å². The molecule has 1 aromatic rings. The molecule has 0 saturated carbocycles. The van der Waals surface area contributed by atoms with E-state index in [1.54, 1.807) is 0 Å². The van der Waals surface area contributed by atoms with E-state index in [1.807, 2.05) is 36.1 Å². The number of hydrogen-bond acceptors (Lipinski definition) is 2. The molecule has 0 saturated heterocycles. The quantitative estimate of drug-likeness (QED) is 0.895. The Bertz CT molecular complexity index is 651. The third-order valence-electron chi connectivity index (χ3n) is 4.30. The zero-order valence-electron chi connectivity index (χ0n) is 13.0. The first kappa shape index (κ1) is 14.6. The maximum atomic E-state index is 12.7. The molecule has 5 nitrogen and oxygen atoms in total. The highest BCUT2D eigenvalue weighted by Crippen LogP contribution is 2.33. The van der Waals surface area contributed by atoms with E-state index in [9.17, 15) is 9.59 Å². The number of carbonyl (C=O) groups excluding carboxylic acids is 2. The Morgan fingerprint density at radius 1 is 1.27 bits per heavy atom. The Balaban J connectivity index is 1.95. The number of hydrogen-bond donors (Lipinski definition) is 2. The molecule has 0 spiro atoms. The minimum Gasteiger partial charge on any atom is -0.333 e. The van der Waals surface area contributed by atoms with Crippen LogP contribution >= 0.6 is 0 Å². The Morgan fingerprint density at radius 2 is 2.05 bits per heavy atom. The number of carbonyl (C=O) groups is 2. The molecule has 2 heterocycles. The normalized spacial score (nSPS) is 20.8. The van der Waals surface area contributed by atoms with Gasteiger partial charge in [-0.25, -0.2) is 4.79 Å². The van der Waals surface area contributed by atoms with E-state index in [4.69, 9.17) is 0 Å². The standard InChI is InChI=1S/C17H21N3O2/c1-3-4-9-20-10-13-14(16(20)21)15(19-17(22)18-13)12-8-6-5-7-11(12)2/h5-8,15H,3-4,9-10H2,1-2H3,(H2,18,19,22)/t15-/m0/s1. The van der Waals surface area contributed by atoms with Crippen LogP contribution in [0, 0.1) is 6.92 Å². The average molecular weight is 299 g/mol. The predicted molar refractivity (Wildman–Crippen MR) is 84.1 cm³/mol. The van der Waals surface area contributed by atoms with Gasteiger partial charge in [-0.05, 0) is 24.5 Å². The molecule has 22 heavy (non-hydrogen) atoms. The van der Waals surface area contributed by atoms with Gasteiger partial charge >= 0.3 is 6.03 Å². The van der Waals surface area contributed by atoms with Crippen molar-refractivity contribution in [2.75, 3.05) is 13.1 Å². The highest BCUT2D eigenvalue weighted by Gasteiger charge is 2.40. The first-order valence-corrected chi connectivity index (χ1v) is 7.77. The van der Waals surface area contributed by atoms with Crippen LogP contribution in [0.4, 0.5) is 4.79 Å². The molecular weight excluding hydrogens is 278 g/mol. The van der Waals surface area contributed by atoms with Gasteiger partial charge in [-0.2, -0.15) is 0 Å². The summed E-state index contributed by atoms with van der Waals surface area (Å²) >= 11 is 0. The lowest BCUT2D eigenvalue weighted by Gasteiger charge is -2.26. The van der Waals surface area contributed by atoms with E-state index in [0.29, 0.717) is 12.1 Å². The third kappa shape index (κ3) is 2.47. The zero-order valence-corrected chi connectivity index (χ0v) is 13.0. The van der Waals surface area contributed by atoms with Crippen LogP contribution in [0.3, 0.4) is 0 Å². The second kappa shape index (κ2) is 5.83. The smallest absolute Gasteiger partial charge is 0.319 e. The van der Waals surface area contributed by atoms with Gasteiger partial charge in [0, 0.05) is 6.54 Å². The fourth-order valence-corrected chi connectivity index (χ4v) is 3.10. The van der Waals surface area contributed by atoms with Crippen LogP contribution in [0.2, 0.25) is 0 Å². The number of rotatable bonds is 4. The third-order valence-corrected chi connectivity index (χ3v) is 4.30. The van der Waals surface area contributed by atoms with Crippen molar-refractivity contribution < 1.29 is 9.59 Å². The molecule has 0 bridgehead atoms. The van der Waals surface area contributed by atoms with Gasteiger partial charge in [0.05, 0.1) is 23.9 Å². The minimum absolute atomic E-state index is 0.0317. The summed E-state index contributed by atoms with van der Waals surface area (Å²) in [6.07, 6.45) is 2.02. The van der Waals surface area contributed by atoms with E-state index >= 15 is 0 Å². The van der Waals surface area contributed by atoms with E-state index in [-0.39, 0.29) is 18.0 Å². The lowest BCUT2D eigenvalue weighted by molar-refractivity contribution is -0.125. The summed E-state index contributed by atoms with van der Waals surface area (Å²) in [7, 11) is 0. The van der Waals surface area contributed by atoms with Crippen LogP contribution in [-0.4, -0.2) is 29.9 Å². The summed E-state index contributed by atoms with van der Waals surface area (Å²) in [6, 6.07) is 7.27. The summed E-state index contributed by atoms with van der Waals surface area (Å²) in [5.41, 5.74) is 3.49. The van der Waals surface area contributed by atoms with Crippen molar-refractivity contribution in [2.45, 2.75) is 32.7 Å². The lowest BCUT2D eigenvalue weighted by Crippen LogP contribution is -2.44. The molecular formula is C17H21N3O2. The second-order valence-corrected chi connectivity index (χ2v) is 5.86. The van der Waals surface area contributed by atoms with E-state index in [2.05, 4.69) is 17.6 Å². The maximum Gasteiger partial charge on any atom is 0.319 e. The molecule has 3 amide bonds. The molecule has 1 aromatic carbocycles. The van der Waals surface area contributed by atoms with Crippen molar-refractivity contribution in [1.82, 2.24) is 15.5 Å². The first-order chi connectivity index (χ1) is 10.6. The molecule has 5 heteroatoms. The van der Waals surface area contributed by atoms with Crippen molar-refractivity contribution in [1.29, 1.82) is 0 Å². The van der Waals surface area contributed by atoms with Gasteiger partial charge in [0.2, 0.25) is 0 Å². The summed E-state index contributed by atoms with van der Waals surface area (Å²) in [5.74, 6) is 0.0317. The highest BCUT2D eigenvalue weighted by atomic mass is 16.2. The van der Waals surface area contributed by atoms with Gasteiger partial charge in [0.15, 0.2) is 0 Å². The molecule has 2 aliphatic heterocycles. The second-order valence-electron chi connectivity index (χ2n) is 5.86. The maximum absolute atomic E-state index is 12.7. The molecule has 2 aliphatic rings. The summed E-state index contributed by atoms with van der Waals surface area (Å²) in [5, 5.41) is 5.70.